The van der Waals surface area contributed by atoms with Crippen molar-refractivity contribution < 1.29 is 9.13 Å². The van der Waals surface area contributed by atoms with Gasteiger partial charge in [0.15, 0.2) is 10.9 Å². The molecule has 12 heteroatoms. The second kappa shape index (κ2) is 9.77. The maximum Gasteiger partial charge on any atom is 0.319 e. The van der Waals surface area contributed by atoms with E-state index in [1.54, 1.807) is 18.2 Å². The standard InChI is InChI=1S/C29H30Cl2FN7OS/c30-15-9-18(24-21(10-15)41-27(33)35-24)22-20(31)11-19-25(23(22)32)36-28(40-14-29-5-1-7-39(29)8-2-6-29)37-26(19)38-12-16-3-4-17(13-38)34-16/h9-11,16-17,34H,1-8,12-14H2,(H2,33,35). The highest BCUT2D eigenvalue weighted by atomic mass is 35.5. The number of nitrogens with one attached hydrogen (secondary N) is 1. The van der Waals surface area contributed by atoms with Crippen molar-refractivity contribution in [2.75, 3.05) is 43.4 Å². The summed E-state index contributed by atoms with van der Waals surface area (Å²) in [6, 6.07) is 6.19. The van der Waals surface area contributed by atoms with Gasteiger partial charge in [0.2, 0.25) is 0 Å². The molecule has 0 radical (unpaired) electrons. The predicted molar refractivity (Wildman–Crippen MR) is 163 cm³/mol. The number of halogens is 3. The van der Waals surface area contributed by atoms with E-state index in [4.69, 9.17) is 38.7 Å². The predicted octanol–water partition coefficient (Wildman–Crippen LogP) is 5.88. The van der Waals surface area contributed by atoms with Crippen LogP contribution in [-0.4, -0.2) is 70.3 Å². The van der Waals surface area contributed by atoms with Crippen molar-refractivity contribution in [3.8, 4) is 17.1 Å². The van der Waals surface area contributed by atoms with Crippen LogP contribution in [0.5, 0.6) is 6.01 Å². The molecular weight excluding hydrogens is 584 g/mol. The number of rotatable bonds is 5. The number of piperazine rings is 1. The summed E-state index contributed by atoms with van der Waals surface area (Å²) in [5.41, 5.74) is 7.45. The number of aromatic nitrogens is 3. The number of nitrogens with zero attached hydrogens (tertiary/aromatic N) is 5. The molecule has 6 heterocycles. The van der Waals surface area contributed by atoms with Crippen LogP contribution in [0.15, 0.2) is 18.2 Å². The Labute approximate surface area is 251 Å². The minimum atomic E-state index is -0.546. The van der Waals surface area contributed by atoms with Gasteiger partial charge < -0.3 is 20.7 Å². The molecule has 4 saturated heterocycles. The molecule has 214 valence electrons. The summed E-state index contributed by atoms with van der Waals surface area (Å²) in [6.45, 7) is 4.27. The largest absolute Gasteiger partial charge is 0.461 e. The van der Waals surface area contributed by atoms with E-state index < -0.39 is 5.82 Å². The average Bonchev–Trinajstić information content (AvgIpc) is 3.70. The zero-order chi connectivity index (χ0) is 27.9. The van der Waals surface area contributed by atoms with Crippen LogP contribution < -0.4 is 20.7 Å². The number of hydrogen-bond acceptors (Lipinski definition) is 9. The molecule has 4 aliphatic heterocycles. The lowest BCUT2D eigenvalue weighted by Crippen LogP contribution is -2.51. The number of thiazole rings is 1. The quantitative estimate of drug-likeness (QED) is 0.288. The number of nitrogen functional groups attached to an aromatic ring is 1. The molecule has 0 aliphatic carbocycles. The molecule has 0 saturated carbocycles. The number of hydrogen-bond donors (Lipinski definition) is 2. The average molecular weight is 615 g/mol. The molecule has 0 amide bonds. The van der Waals surface area contributed by atoms with Crippen molar-refractivity contribution in [3.63, 3.8) is 0 Å². The van der Waals surface area contributed by atoms with Gasteiger partial charge in [-0.25, -0.2) is 9.37 Å². The first-order valence-electron chi connectivity index (χ1n) is 14.3. The molecule has 2 unspecified atom stereocenters. The van der Waals surface area contributed by atoms with E-state index in [1.807, 2.05) is 0 Å². The first-order chi connectivity index (χ1) is 19.9. The van der Waals surface area contributed by atoms with Gasteiger partial charge in [-0.3, -0.25) is 4.90 Å². The van der Waals surface area contributed by atoms with Crippen LogP contribution in [0.3, 0.4) is 0 Å². The zero-order valence-electron chi connectivity index (χ0n) is 22.4. The van der Waals surface area contributed by atoms with E-state index in [1.165, 1.54) is 24.2 Å². The Kier molecular flexibility index (Phi) is 6.23. The van der Waals surface area contributed by atoms with Crippen LogP contribution in [0.2, 0.25) is 10.0 Å². The van der Waals surface area contributed by atoms with Crippen LogP contribution in [0.4, 0.5) is 15.3 Å². The first kappa shape index (κ1) is 26.2. The van der Waals surface area contributed by atoms with Crippen molar-refractivity contribution in [3.05, 3.63) is 34.1 Å². The van der Waals surface area contributed by atoms with Gasteiger partial charge in [0.1, 0.15) is 17.9 Å². The molecule has 4 aromatic rings. The lowest BCUT2D eigenvalue weighted by molar-refractivity contribution is 0.108. The molecule has 8 rings (SSSR count). The van der Waals surface area contributed by atoms with Crippen LogP contribution in [0.1, 0.15) is 38.5 Å². The number of anilines is 2. The van der Waals surface area contributed by atoms with Crippen LogP contribution in [0, 0.1) is 5.82 Å². The highest BCUT2D eigenvalue weighted by Crippen LogP contribution is 2.44. The number of fused-ring (bicyclic) bond motifs is 5. The van der Waals surface area contributed by atoms with Gasteiger partial charge in [0, 0.05) is 46.7 Å². The Morgan fingerprint density at radius 1 is 1.05 bits per heavy atom. The van der Waals surface area contributed by atoms with E-state index in [0.29, 0.717) is 51.1 Å². The third-order valence-corrected chi connectivity index (χ3v) is 10.7. The Bertz CT molecular complexity index is 1680. The summed E-state index contributed by atoms with van der Waals surface area (Å²) in [6.07, 6.45) is 6.78. The first-order valence-corrected chi connectivity index (χ1v) is 15.9. The third kappa shape index (κ3) is 4.33. The minimum Gasteiger partial charge on any atom is -0.461 e. The molecule has 4 aliphatic rings. The Balaban J connectivity index is 1.28. The maximum atomic E-state index is 16.8. The Hall–Kier alpha value is -2.50. The highest BCUT2D eigenvalue weighted by molar-refractivity contribution is 7.22. The van der Waals surface area contributed by atoms with Crippen LogP contribution in [-0.2, 0) is 0 Å². The fraction of sp³-hybridized carbons (Fsp3) is 0.483. The molecular formula is C29H30Cl2FN7OS. The molecule has 41 heavy (non-hydrogen) atoms. The molecule has 2 aromatic carbocycles. The summed E-state index contributed by atoms with van der Waals surface area (Å²) in [5.74, 6) is 0.118. The van der Waals surface area contributed by atoms with Gasteiger partial charge >= 0.3 is 6.01 Å². The molecule has 8 nitrogen and oxygen atoms in total. The summed E-state index contributed by atoms with van der Waals surface area (Å²) in [4.78, 5) is 18.8. The van der Waals surface area contributed by atoms with Crippen molar-refractivity contribution in [1.29, 1.82) is 0 Å². The molecule has 2 aromatic heterocycles. The lowest BCUT2D eigenvalue weighted by Gasteiger charge is -2.35. The monoisotopic (exact) mass is 613 g/mol. The second-order valence-corrected chi connectivity index (χ2v) is 13.8. The van der Waals surface area contributed by atoms with E-state index in [0.717, 1.165) is 56.6 Å². The zero-order valence-corrected chi connectivity index (χ0v) is 24.8. The smallest absolute Gasteiger partial charge is 0.319 e. The molecule has 0 spiro atoms. The topological polar surface area (TPSA) is 92.4 Å². The van der Waals surface area contributed by atoms with Gasteiger partial charge in [0.05, 0.1) is 20.8 Å². The Morgan fingerprint density at radius 2 is 1.80 bits per heavy atom. The SMILES string of the molecule is Nc1nc2c(-c3c(Cl)cc4c(N5CC6CCC(C5)N6)nc(OCC56CCCN5CCC6)nc4c3F)cc(Cl)cc2s1. The maximum absolute atomic E-state index is 16.8. The van der Waals surface area contributed by atoms with Crippen LogP contribution >= 0.6 is 34.5 Å². The van der Waals surface area contributed by atoms with Crippen molar-refractivity contribution in [2.45, 2.75) is 56.1 Å². The summed E-state index contributed by atoms with van der Waals surface area (Å²) < 4.78 is 23.9. The lowest BCUT2D eigenvalue weighted by atomic mass is 9.95. The van der Waals surface area contributed by atoms with Crippen molar-refractivity contribution in [2.24, 2.45) is 0 Å². The minimum absolute atomic E-state index is 0.0211. The van der Waals surface area contributed by atoms with Crippen molar-refractivity contribution >= 4 is 66.6 Å². The van der Waals surface area contributed by atoms with Crippen molar-refractivity contribution in [1.82, 2.24) is 25.2 Å². The molecule has 2 bridgehead atoms. The number of ether oxygens (including phenoxy) is 1. The van der Waals surface area contributed by atoms with Gasteiger partial charge in [-0.2, -0.15) is 9.97 Å². The highest BCUT2D eigenvalue weighted by Gasteiger charge is 2.45. The molecule has 4 fully saturated rings. The second-order valence-electron chi connectivity index (χ2n) is 11.9. The normalized spacial score (nSPS) is 23.6. The van der Waals surface area contributed by atoms with Gasteiger partial charge in [-0.05, 0) is 69.8 Å². The van der Waals surface area contributed by atoms with Gasteiger partial charge in [0.25, 0.3) is 0 Å². The fourth-order valence-corrected chi connectivity index (χ4v) is 8.92. The Morgan fingerprint density at radius 3 is 2.56 bits per heavy atom. The third-order valence-electron chi connectivity index (χ3n) is 9.39. The molecule has 2 atom stereocenters. The van der Waals surface area contributed by atoms with Crippen LogP contribution in [0.25, 0.3) is 32.2 Å². The van der Waals surface area contributed by atoms with E-state index >= 15 is 4.39 Å². The number of nitrogens with two attached hydrogens (primary N) is 1. The fourth-order valence-electron chi connectivity index (χ4n) is 7.55. The van der Waals surface area contributed by atoms with E-state index in [2.05, 4.69) is 25.1 Å². The molecule has 3 N–H and O–H groups in total. The number of benzene rings is 2. The summed E-state index contributed by atoms with van der Waals surface area (Å²) >= 11 is 14.6. The van der Waals surface area contributed by atoms with Gasteiger partial charge in [-0.1, -0.05) is 34.5 Å². The summed E-state index contributed by atoms with van der Waals surface area (Å²) in [5, 5.41) is 5.31. The summed E-state index contributed by atoms with van der Waals surface area (Å²) in [7, 11) is 0. The van der Waals surface area contributed by atoms with E-state index in [-0.39, 0.29) is 27.7 Å². The van der Waals surface area contributed by atoms with Gasteiger partial charge in [-0.15, -0.1) is 0 Å². The van der Waals surface area contributed by atoms with E-state index in [9.17, 15) is 0 Å².